The number of allylic oxidation sites excluding steroid dienone is 5. The van der Waals surface area contributed by atoms with Crippen molar-refractivity contribution in [1.29, 1.82) is 0 Å². The number of hydrogen-bond donors (Lipinski definition) is 2. The Labute approximate surface area is 274 Å². The van der Waals surface area contributed by atoms with Crippen molar-refractivity contribution in [2.24, 2.45) is 28.8 Å². The zero-order valence-electron chi connectivity index (χ0n) is 28.7. The quantitative estimate of drug-likeness (QED) is 0.229. The van der Waals surface area contributed by atoms with Crippen molar-refractivity contribution in [3.05, 3.63) is 58.7 Å². The smallest absolute Gasteiger partial charge is 0.316 e. The lowest BCUT2D eigenvalue weighted by Crippen LogP contribution is -2.59. The number of rotatable bonds is 3. The second-order valence-electron chi connectivity index (χ2n) is 14.5. The summed E-state index contributed by atoms with van der Waals surface area (Å²) >= 11 is 0. The third kappa shape index (κ3) is 6.99. The Kier molecular flexibility index (Phi) is 10.5. The van der Waals surface area contributed by atoms with Gasteiger partial charge in [0, 0.05) is 25.2 Å². The van der Waals surface area contributed by atoms with Crippen LogP contribution in [0.15, 0.2) is 63.9 Å². The van der Waals surface area contributed by atoms with Gasteiger partial charge in [0.05, 0.1) is 24.5 Å². The van der Waals surface area contributed by atoms with Crippen LogP contribution in [0, 0.1) is 23.7 Å². The topological polar surface area (TPSA) is 116 Å². The highest BCUT2D eigenvalue weighted by atomic mass is 16.7. The molecule has 1 aliphatic carbocycles. The van der Waals surface area contributed by atoms with Gasteiger partial charge in [-0.05, 0) is 62.2 Å². The number of oxime groups is 1. The molecule has 5 aliphatic rings. The fourth-order valence-electron chi connectivity index (χ4n) is 7.94. The molecule has 4 heterocycles. The van der Waals surface area contributed by atoms with Crippen molar-refractivity contribution in [3.63, 3.8) is 0 Å². The molecule has 254 valence electrons. The van der Waals surface area contributed by atoms with Gasteiger partial charge < -0.3 is 34.0 Å². The molecule has 0 aromatic carbocycles. The molecule has 10 atom stereocenters. The van der Waals surface area contributed by atoms with Gasteiger partial charge in [-0.2, -0.15) is 0 Å². The first-order valence-electron chi connectivity index (χ1n) is 16.8. The van der Waals surface area contributed by atoms with Crippen molar-refractivity contribution in [2.75, 3.05) is 13.7 Å². The Bertz CT molecular complexity index is 1340. The summed E-state index contributed by atoms with van der Waals surface area (Å²) in [5.41, 5.74) is 2.54. The van der Waals surface area contributed by atoms with E-state index in [4.69, 9.17) is 23.8 Å². The molecule has 0 aromatic heterocycles. The Balaban J connectivity index is 1.55. The molecule has 9 nitrogen and oxygen atoms in total. The van der Waals surface area contributed by atoms with Crippen LogP contribution in [0.1, 0.15) is 80.6 Å². The number of nitrogens with zero attached hydrogens (tertiary/aromatic N) is 1. The monoisotopic (exact) mass is 639 g/mol. The van der Waals surface area contributed by atoms with Crippen LogP contribution in [0.4, 0.5) is 0 Å². The summed E-state index contributed by atoms with van der Waals surface area (Å²) in [7, 11) is 1.55. The van der Waals surface area contributed by atoms with Gasteiger partial charge in [0.15, 0.2) is 5.79 Å². The molecule has 0 radical (unpaired) electrons. The van der Waals surface area contributed by atoms with Crippen molar-refractivity contribution < 1.29 is 38.8 Å². The molecular weight excluding hydrogens is 586 g/mol. The second-order valence-corrected chi connectivity index (χ2v) is 14.5. The van der Waals surface area contributed by atoms with Crippen molar-refractivity contribution in [2.45, 2.75) is 122 Å². The van der Waals surface area contributed by atoms with Gasteiger partial charge in [-0.25, -0.2) is 0 Å². The first-order chi connectivity index (χ1) is 21.8. The number of carbonyl (C=O) groups is 1. The van der Waals surface area contributed by atoms with Crippen LogP contribution in [-0.2, 0) is 28.6 Å². The lowest BCUT2D eigenvalue weighted by atomic mass is 9.71. The zero-order valence-corrected chi connectivity index (χ0v) is 28.7. The van der Waals surface area contributed by atoms with Crippen LogP contribution in [0.3, 0.4) is 0 Å². The molecule has 2 bridgehead atoms. The first kappa shape index (κ1) is 34.8. The van der Waals surface area contributed by atoms with Gasteiger partial charge >= 0.3 is 5.97 Å². The SMILES string of the molecule is CO/N=C1/C[C@]2(C[C@@H]3C[C@@H](C/C=C(/C)C[C@@H](C)/C=C\C=C4CO[C@@H]5[C@H](O)C(C)=C[C@@H](C(=O)O3)[C@]45O)O2)O[C@H](/C(C)=C/C(C)C)[C@H]1C. The highest BCUT2D eigenvalue weighted by Gasteiger charge is 2.60. The number of ether oxygens (including phenoxy) is 4. The highest BCUT2D eigenvalue weighted by molar-refractivity contribution is 5.88. The van der Waals surface area contributed by atoms with E-state index in [9.17, 15) is 15.0 Å². The van der Waals surface area contributed by atoms with E-state index in [1.54, 1.807) is 20.1 Å². The fraction of sp³-hybridized carbons (Fsp3) is 0.676. The number of fused-ring (bicyclic) bond motifs is 2. The Hall–Kier alpha value is -2.56. The van der Waals surface area contributed by atoms with E-state index in [1.165, 1.54) is 5.57 Å². The van der Waals surface area contributed by atoms with E-state index in [0.717, 1.165) is 17.7 Å². The maximum absolute atomic E-state index is 14.2. The van der Waals surface area contributed by atoms with Crippen molar-refractivity contribution in [3.8, 4) is 0 Å². The normalized spacial score (nSPS) is 43.4. The maximum Gasteiger partial charge on any atom is 0.316 e. The largest absolute Gasteiger partial charge is 0.462 e. The summed E-state index contributed by atoms with van der Waals surface area (Å²) in [5, 5.41) is 27.6. The van der Waals surface area contributed by atoms with Crippen LogP contribution < -0.4 is 0 Å². The molecule has 1 spiro atoms. The minimum Gasteiger partial charge on any atom is -0.462 e. The van der Waals surface area contributed by atoms with E-state index in [2.05, 4.69) is 64.9 Å². The molecule has 46 heavy (non-hydrogen) atoms. The van der Waals surface area contributed by atoms with Gasteiger partial charge in [-0.3, -0.25) is 4.79 Å². The Morgan fingerprint density at radius 3 is 2.67 bits per heavy atom. The fourth-order valence-corrected chi connectivity index (χ4v) is 7.94. The van der Waals surface area contributed by atoms with E-state index >= 15 is 0 Å². The molecule has 0 saturated carbocycles. The molecule has 4 aliphatic heterocycles. The second kappa shape index (κ2) is 13.9. The van der Waals surface area contributed by atoms with E-state index < -0.39 is 41.6 Å². The number of hydrogen-bond acceptors (Lipinski definition) is 9. The lowest BCUT2D eigenvalue weighted by molar-refractivity contribution is -0.313. The molecule has 0 unspecified atom stereocenters. The van der Waals surface area contributed by atoms with Gasteiger partial charge in [0.25, 0.3) is 0 Å². The van der Waals surface area contributed by atoms with Gasteiger partial charge in [0.1, 0.15) is 36.9 Å². The molecule has 0 aromatic rings. The average Bonchev–Trinajstić information content (AvgIpc) is 3.31. The molecule has 5 rings (SSSR count). The Morgan fingerprint density at radius 1 is 1.20 bits per heavy atom. The van der Waals surface area contributed by atoms with E-state index in [1.807, 2.05) is 12.2 Å². The maximum atomic E-state index is 14.2. The average molecular weight is 640 g/mol. The van der Waals surface area contributed by atoms with Crippen molar-refractivity contribution in [1.82, 2.24) is 0 Å². The zero-order chi connectivity index (χ0) is 33.4. The Morgan fingerprint density at radius 2 is 1.96 bits per heavy atom. The minimum atomic E-state index is -1.74. The number of esters is 1. The summed E-state index contributed by atoms with van der Waals surface area (Å²) < 4.78 is 26.0. The summed E-state index contributed by atoms with van der Waals surface area (Å²) in [5.74, 6) is -2.15. The predicted octanol–water partition coefficient (Wildman–Crippen LogP) is 5.73. The standard InChI is InChI=1S/C37H53NO8/c1-21(2)14-25(6)33-26(7)31(38-42-8)19-36(46-33)18-29-17-28(45-36)13-12-23(4)15-22(3)10-9-11-27-20-43-34-32(39)24(5)16-30(35(40)44-29)37(27,34)41/h9-12,14,16,21-22,26,28-30,32-34,39,41H,13,15,17-20H2,1-8H3/b10-9-,23-12-,25-14+,27-11?,38-31-/t22-,26-,28+,29-,30-,32+,33+,34+,36-,37+/m0/s1. The van der Waals surface area contributed by atoms with E-state index in [0.29, 0.717) is 42.7 Å². The van der Waals surface area contributed by atoms with E-state index in [-0.39, 0.29) is 30.7 Å². The van der Waals surface area contributed by atoms with Gasteiger partial charge in [-0.15, -0.1) is 0 Å². The predicted molar refractivity (Wildman–Crippen MR) is 176 cm³/mol. The summed E-state index contributed by atoms with van der Waals surface area (Å²) in [6.07, 6.45) is 11.4. The number of carbonyl (C=O) groups excluding carboxylic acids is 1. The van der Waals surface area contributed by atoms with Crippen LogP contribution in [0.2, 0.25) is 0 Å². The molecule has 9 heteroatoms. The third-order valence-electron chi connectivity index (χ3n) is 10.1. The molecule has 3 saturated heterocycles. The first-order valence-corrected chi connectivity index (χ1v) is 16.8. The van der Waals surface area contributed by atoms with Crippen LogP contribution in [0.5, 0.6) is 0 Å². The summed E-state index contributed by atoms with van der Waals surface area (Å²) in [6.45, 7) is 14.6. The molecule has 2 N–H and O–H groups in total. The molecule has 3 fully saturated rings. The van der Waals surface area contributed by atoms with Crippen LogP contribution in [0.25, 0.3) is 0 Å². The van der Waals surface area contributed by atoms with Gasteiger partial charge in [0.2, 0.25) is 0 Å². The highest BCUT2D eigenvalue weighted by Crippen LogP contribution is 2.47. The summed E-state index contributed by atoms with van der Waals surface area (Å²) in [4.78, 5) is 19.4. The van der Waals surface area contributed by atoms with Gasteiger partial charge in [-0.1, -0.05) is 74.9 Å². The number of aliphatic hydroxyl groups is 2. The lowest BCUT2D eigenvalue weighted by Gasteiger charge is -2.50. The third-order valence-corrected chi connectivity index (χ3v) is 10.1. The molecular formula is C37H53NO8. The number of aliphatic hydroxyl groups excluding tert-OH is 1. The van der Waals surface area contributed by atoms with Crippen LogP contribution >= 0.6 is 0 Å². The summed E-state index contributed by atoms with van der Waals surface area (Å²) in [6, 6.07) is 0. The van der Waals surface area contributed by atoms with Crippen LogP contribution in [-0.4, -0.2) is 77.5 Å². The molecule has 0 amide bonds. The van der Waals surface area contributed by atoms with Crippen molar-refractivity contribution >= 4 is 11.7 Å². The minimum absolute atomic E-state index is 0.0340.